The fourth-order valence-electron chi connectivity index (χ4n) is 8.40. The molecule has 9 rings (SSSR count). The standard InChI is InChI=1S/C54H56O11/c55-46-49(48-45(37-61-52(64-48)43-29-17-6-18-30-43)62-53(46)60-35-42-27-15-5-16-28-42)65-54-51(59-34-41-25-13-4-14-26-41)50(58-33-40-23-11-3-12-24-40)47(57-32-39-21-9-2-10-22-39)44(63-54)36-56-31-38-19-7-1-8-20-38/h1-30,44-55H,31-37H2/t44-,45-,46-,47+,48+,49-,50+,51-,52+,53?,54-/m1/s1. The van der Waals surface area contributed by atoms with Crippen LogP contribution in [0.1, 0.15) is 39.7 Å². The smallest absolute Gasteiger partial charge is 0.187 e. The van der Waals surface area contributed by atoms with Gasteiger partial charge in [0.2, 0.25) is 0 Å². The largest absolute Gasteiger partial charge is 0.385 e. The first-order chi connectivity index (χ1) is 32.1. The number of hydrogen-bond donors (Lipinski definition) is 1. The van der Waals surface area contributed by atoms with Crippen molar-refractivity contribution >= 4 is 0 Å². The molecule has 3 saturated heterocycles. The van der Waals surface area contributed by atoms with Crippen molar-refractivity contribution in [2.45, 2.75) is 101 Å². The van der Waals surface area contributed by atoms with E-state index >= 15 is 0 Å². The van der Waals surface area contributed by atoms with Crippen molar-refractivity contribution in [2.24, 2.45) is 0 Å². The lowest BCUT2D eigenvalue weighted by Crippen LogP contribution is -2.67. The van der Waals surface area contributed by atoms with Gasteiger partial charge in [0.15, 0.2) is 18.9 Å². The van der Waals surface area contributed by atoms with Crippen LogP contribution in [0.4, 0.5) is 0 Å². The molecule has 0 saturated carbocycles. The molecule has 3 aliphatic rings. The van der Waals surface area contributed by atoms with Gasteiger partial charge in [0.05, 0.1) is 46.2 Å². The molecule has 0 radical (unpaired) electrons. The average Bonchev–Trinajstić information content (AvgIpc) is 3.37. The van der Waals surface area contributed by atoms with Crippen molar-refractivity contribution in [3.63, 3.8) is 0 Å². The number of hydrogen-bond acceptors (Lipinski definition) is 11. The van der Waals surface area contributed by atoms with Crippen molar-refractivity contribution in [1.29, 1.82) is 0 Å². The van der Waals surface area contributed by atoms with Crippen molar-refractivity contribution in [3.8, 4) is 0 Å². The molecule has 3 aliphatic heterocycles. The third-order valence-corrected chi connectivity index (χ3v) is 11.8. The molecule has 338 valence electrons. The number of aliphatic hydroxyl groups excluding tert-OH is 1. The fourth-order valence-corrected chi connectivity index (χ4v) is 8.40. The van der Waals surface area contributed by atoms with Crippen LogP contribution in [0.2, 0.25) is 0 Å². The maximum atomic E-state index is 12.4. The van der Waals surface area contributed by atoms with E-state index in [2.05, 4.69) is 0 Å². The highest BCUT2D eigenvalue weighted by molar-refractivity contribution is 5.19. The quantitative estimate of drug-likeness (QED) is 0.0846. The van der Waals surface area contributed by atoms with E-state index < -0.39 is 67.7 Å². The molecule has 11 heteroatoms. The van der Waals surface area contributed by atoms with Gasteiger partial charge in [0, 0.05) is 5.56 Å². The normalized spacial score (nSPS) is 27.7. The van der Waals surface area contributed by atoms with E-state index in [1.807, 2.05) is 182 Å². The van der Waals surface area contributed by atoms with Crippen LogP contribution in [0.3, 0.4) is 0 Å². The minimum atomic E-state index is -1.32. The zero-order valence-corrected chi connectivity index (χ0v) is 36.2. The SMILES string of the molecule is O[C@H]1C(OCc2ccccc2)O[C@@H]2CO[C@H](c3ccccc3)O[C@@H]2[C@@H]1O[C@H]1O[C@H](COCc2ccccc2)[C@H](OCc2ccccc2)[C@H](OCc2ccccc2)[C@H]1OCc1ccccc1. The maximum absolute atomic E-state index is 12.4. The summed E-state index contributed by atoms with van der Waals surface area (Å²) in [6.07, 6.45) is -9.82. The van der Waals surface area contributed by atoms with Crippen LogP contribution in [-0.4, -0.2) is 79.7 Å². The van der Waals surface area contributed by atoms with Crippen LogP contribution in [0, 0.1) is 0 Å². The Morgan fingerprint density at radius 2 is 0.877 bits per heavy atom. The van der Waals surface area contributed by atoms with Gasteiger partial charge in [-0.2, -0.15) is 0 Å². The monoisotopic (exact) mass is 880 g/mol. The molecule has 11 atom stereocenters. The first kappa shape index (κ1) is 45.1. The third kappa shape index (κ3) is 12.0. The Morgan fingerprint density at radius 3 is 1.40 bits per heavy atom. The summed E-state index contributed by atoms with van der Waals surface area (Å²) >= 11 is 0. The van der Waals surface area contributed by atoms with Gasteiger partial charge in [-0.1, -0.05) is 182 Å². The highest BCUT2D eigenvalue weighted by Crippen LogP contribution is 2.39. The van der Waals surface area contributed by atoms with Crippen LogP contribution in [0.15, 0.2) is 182 Å². The number of ether oxygens (including phenoxy) is 10. The Morgan fingerprint density at radius 1 is 0.431 bits per heavy atom. The molecule has 0 amide bonds. The molecule has 1 unspecified atom stereocenters. The molecular weight excluding hydrogens is 825 g/mol. The van der Waals surface area contributed by atoms with Crippen LogP contribution in [0.25, 0.3) is 0 Å². The Hall–Kier alpha value is -5.12. The zero-order chi connectivity index (χ0) is 44.0. The van der Waals surface area contributed by atoms with Crippen molar-refractivity contribution in [1.82, 2.24) is 0 Å². The lowest BCUT2D eigenvalue weighted by atomic mass is 9.95. The Kier molecular flexibility index (Phi) is 15.8. The van der Waals surface area contributed by atoms with Crippen molar-refractivity contribution in [2.75, 3.05) is 13.2 Å². The summed E-state index contributed by atoms with van der Waals surface area (Å²) in [5.74, 6) is 0. The van der Waals surface area contributed by atoms with E-state index in [1.165, 1.54) is 0 Å². The van der Waals surface area contributed by atoms with Gasteiger partial charge in [0.25, 0.3) is 0 Å². The second kappa shape index (κ2) is 22.9. The first-order valence-corrected chi connectivity index (χ1v) is 22.3. The van der Waals surface area contributed by atoms with Crippen LogP contribution >= 0.6 is 0 Å². The summed E-state index contributed by atoms with van der Waals surface area (Å²) in [4.78, 5) is 0. The number of benzene rings is 6. The van der Waals surface area contributed by atoms with Crippen molar-refractivity contribution < 1.29 is 52.5 Å². The average molecular weight is 881 g/mol. The topological polar surface area (TPSA) is 113 Å². The summed E-state index contributed by atoms with van der Waals surface area (Å²) in [5, 5.41) is 12.4. The Balaban J connectivity index is 1.07. The first-order valence-electron chi connectivity index (χ1n) is 22.3. The summed E-state index contributed by atoms with van der Waals surface area (Å²) in [5.41, 5.74) is 5.67. The molecule has 0 aromatic heterocycles. The molecular formula is C54H56O11. The minimum absolute atomic E-state index is 0.135. The molecule has 65 heavy (non-hydrogen) atoms. The summed E-state index contributed by atoms with van der Waals surface area (Å²) < 4.78 is 67.1. The van der Waals surface area contributed by atoms with Gasteiger partial charge in [0.1, 0.15) is 48.8 Å². The van der Waals surface area contributed by atoms with Gasteiger partial charge in [-0.25, -0.2) is 0 Å². The lowest BCUT2D eigenvalue weighted by molar-refractivity contribution is -0.398. The van der Waals surface area contributed by atoms with E-state index in [-0.39, 0.29) is 39.6 Å². The predicted octanol–water partition coefficient (Wildman–Crippen LogP) is 8.49. The molecule has 6 aromatic carbocycles. The summed E-state index contributed by atoms with van der Waals surface area (Å²) in [6.45, 7) is 1.59. The summed E-state index contributed by atoms with van der Waals surface area (Å²) in [7, 11) is 0. The molecule has 1 N–H and O–H groups in total. The van der Waals surface area contributed by atoms with Gasteiger partial charge in [-0.3, -0.25) is 0 Å². The molecule has 11 nitrogen and oxygen atoms in total. The van der Waals surface area contributed by atoms with Crippen molar-refractivity contribution in [3.05, 3.63) is 215 Å². The minimum Gasteiger partial charge on any atom is -0.385 e. The molecule has 0 spiro atoms. The molecule has 0 bridgehead atoms. The van der Waals surface area contributed by atoms with Crippen LogP contribution in [0.5, 0.6) is 0 Å². The Bertz CT molecular complexity index is 2260. The Labute approximate surface area is 380 Å². The predicted molar refractivity (Wildman–Crippen MR) is 241 cm³/mol. The molecule has 3 fully saturated rings. The number of fused-ring (bicyclic) bond motifs is 1. The molecule has 6 aromatic rings. The van der Waals surface area contributed by atoms with Gasteiger partial charge >= 0.3 is 0 Å². The maximum Gasteiger partial charge on any atom is 0.187 e. The number of aliphatic hydroxyl groups is 1. The van der Waals surface area contributed by atoms with Crippen LogP contribution < -0.4 is 0 Å². The summed E-state index contributed by atoms with van der Waals surface area (Å²) in [6, 6.07) is 59.3. The highest BCUT2D eigenvalue weighted by Gasteiger charge is 2.55. The zero-order valence-electron chi connectivity index (χ0n) is 36.2. The third-order valence-electron chi connectivity index (χ3n) is 11.8. The highest BCUT2D eigenvalue weighted by atomic mass is 16.8. The second-order valence-corrected chi connectivity index (χ2v) is 16.4. The van der Waals surface area contributed by atoms with Gasteiger partial charge in [-0.15, -0.1) is 0 Å². The molecule has 3 heterocycles. The fraction of sp³-hybridized carbons (Fsp3) is 0.333. The van der Waals surface area contributed by atoms with E-state index in [4.69, 9.17) is 47.4 Å². The van der Waals surface area contributed by atoms with Crippen LogP contribution in [-0.2, 0) is 80.4 Å². The van der Waals surface area contributed by atoms with E-state index in [1.54, 1.807) is 0 Å². The lowest BCUT2D eigenvalue weighted by Gasteiger charge is -2.51. The van der Waals surface area contributed by atoms with Gasteiger partial charge in [-0.05, 0) is 27.8 Å². The number of rotatable bonds is 19. The van der Waals surface area contributed by atoms with E-state index in [0.29, 0.717) is 6.61 Å². The molecule has 0 aliphatic carbocycles. The second-order valence-electron chi connectivity index (χ2n) is 16.4. The van der Waals surface area contributed by atoms with E-state index in [0.717, 1.165) is 33.4 Å². The van der Waals surface area contributed by atoms with Gasteiger partial charge < -0.3 is 52.5 Å². The van der Waals surface area contributed by atoms with E-state index in [9.17, 15) is 5.11 Å².